The maximum absolute atomic E-state index is 12.4. The van der Waals surface area contributed by atoms with Crippen molar-refractivity contribution in [3.05, 3.63) is 0 Å². The zero-order valence-electron chi connectivity index (χ0n) is 37.9. The van der Waals surface area contributed by atoms with Gasteiger partial charge in [-0.05, 0) is 25.7 Å². The summed E-state index contributed by atoms with van der Waals surface area (Å²) >= 11 is 0. The first kappa shape index (κ1) is 54.9. The number of carbonyl (C=O) groups excluding carboxylic acids is 2. The van der Waals surface area contributed by atoms with E-state index in [-0.39, 0.29) is 18.5 Å². The van der Waals surface area contributed by atoms with E-state index in [1.165, 1.54) is 199 Å². The van der Waals surface area contributed by atoms with Crippen LogP contribution in [0.25, 0.3) is 0 Å². The normalized spacial score (nSPS) is 12.6. The fourth-order valence-corrected chi connectivity index (χ4v) is 7.99. The van der Waals surface area contributed by atoms with E-state index in [0.29, 0.717) is 25.9 Å². The number of unbranched alkanes of at least 4 members (excludes halogenated alkanes) is 36. The zero-order valence-corrected chi connectivity index (χ0v) is 37.9. The SMILES string of the molecule is CCCCCCCCCCCCCCCCCCC(=O)OCCCCCCCCCCCCCCCCC(=O)NC(CO)C(O)CCCCCCCCCCC. The number of hydrogen-bond donors (Lipinski definition) is 3. The molecule has 56 heavy (non-hydrogen) atoms. The van der Waals surface area contributed by atoms with Crippen molar-refractivity contribution in [2.45, 2.75) is 296 Å². The van der Waals surface area contributed by atoms with E-state index in [4.69, 9.17) is 4.74 Å². The molecule has 334 valence electrons. The highest BCUT2D eigenvalue weighted by atomic mass is 16.5. The fourth-order valence-electron chi connectivity index (χ4n) is 7.99. The molecule has 2 unspecified atom stereocenters. The van der Waals surface area contributed by atoms with Crippen LogP contribution in [0.2, 0.25) is 0 Å². The van der Waals surface area contributed by atoms with E-state index in [1.54, 1.807) is 0 Å². The topological polar surface area (TPSA) is 95.9 Å². The maximum atomic E-state index is 12.4. The largest absolute Gasteiger partial charge is 0.466 e. The van der Waals surface area contributed by atoms with Crippen molar-refractivity contribution in [3.8, 4) is 0 Å². The van der Waals surface area contributed by atoms with Gasteiger partial charge in [0.15, 0.2) is 0 Å². The smallest absolute Gasteiger partial charge is 0.305 e. The molecule has 3 N–H and O–H groups in total. The molecule has 0 saturated heterocycles. The molecular formula is C50H99NO5. The molecule has 6 nitrogen and oxygen atoms in total. The van der Waals surface area contributed by atoms with Gasteiger partial charge in [0.2, 0.25) is 5.91 Å². The number of aliphatic hydroxyl groups is 2. The standard InChI is InChI=1S/C50H99NO5/c1-3-5-7-9-11-13-14-15-16-17-21-24-28-32-36-40-44-50(55)56-45-41-37-33-29-25-22-19-18-20-23-27-31-35-39-43-49(54)51-47(46-52)48(53)42-38-34-30-26-12-10-8-6-4-2/h47-48,52-53H,3-46H2,1-2H3,(H,51,54). The van der Waals surface area contributed by atoms with Gasteiger partial charge in [-0.2, -0.15) is 0 Å². The summed E-state index contributed by atoms with van der Waals surface area (Å²) in [4.78, 5) is 24.4. The lowest BCUT2D eigenvalue weighted by Gasteiger charge is -2.22. The van der Waals surface area contributed by atoms with Gasteiger partial charge in [0.05, 0.1) is 25.4 Å². The molecule has 0 rings (SSSR count). The number of ether oxygens (including phenoxy) is 1. The van der Waals surface area contributed by atoms with Crippen molar-refractivity contribution in [1.29, 1.82) is 0 Å². The van der Waals surface area contributed by atoms with Gasteiger partial charge in [0, 0.05) is 12.8 Å². The van der Waals surface area contributed by atoms with Gasteiger partial charge in [0.25, 0.3) is 0 Å². The highest BCUT2D eigenvalue weighted by Gasteiger charge is 2.20. The molecule has 0 saturated carbocycles. The summed E-state index contributed by atoms with van der Waals surface area (Å²) in [5.74, 6) is -0.0454. The molecule has 2 atom stereocenters. The van der Waals surface area contributed by atoms with Crippen LogP contribution in [0, 0.1) is 0 Å². The molecule has 6 heteroatoms. The maximum Gasteiger partial charge on any atom is 0.305 e. The Labute approximate surface area is 349 Å². The molecule has 0 aromatic rings. The van der Waals surface area contributed by atoms with Gasteiger partial charge in [-0.15, -0.1) is 0 Å². The van der Waals surface area contributed by atoms with Crippen molar-refractivity contribution >= 4 is 11.9 Å². The Kier molecular flexibility index (Phi) is 45.6. The second-order valence-electron chi connectivity index (χ2n) is 17.5. The minimum atomic E-state index is -0.667. The summed E-state index contributed by atoms with van der Waals surface area (Å²) in [7, 11) is 0. The van der Waals surface area contributed by atoms with Crippen molar-refractivity contribution in [3.63, 3.8) is 0 Å². The minimum Gasteiger partial charge on any atom is -0.466 e. The Morgan fingerprint density at radius 3 is 1.09 bits per heavy atom. The first-order chi connectivity index (χ1) is 27.5. The van der Waals surface area contributed by atoms with E-state index < -0.39 is 12.1 Å². The first-order valence-electron chi connectivity index (χ1n) is 25.3. The number of esters is 1. The molecule has 0 aliphatic rings. The van der Waals surface area contributed by atoms with Crippen molar-refractivity contribution in [2.75, 3.05) is 13.2 Å². The third-order valence-corrected chi connectivity index (χ3v) is 11.9. The monoisotopic (exact) mass is 794 g/mol. The fraction of sp³-hybridized carbons (Fsp3) is 0.960. The quantitative estimate of drug-likeness (QED) is 0.0421. The lowest BCUT2D eigenvalue weighted by atomic mass is 10.0. The van der Waals surface area contributed by atoms with Gasteiger partial charge < -0.3 is 20.3 Å². The number of aliphatic hydroxyl groups excluding tert-OH is 2. The van der Waals surface area contributed by atoms with Crippen LogP contribution in [0.5, 0.6) is 0 Å². The first-order valence-corrected chi connectivity index (χ1v) is 25.3. The van der Waals surface area contributed by atoms with Crippen LogP contribution in [0.3, 0.4) is 0 Å². The summed E-state index contributed by atoms with van der Waals surface area (Å²) in [5, 5.41) is 23.0. The van der Waals surface area contributed by atoms with E-state index >= 15 is 0 Å². The predicted octanol–water partition coefficient (Wildman–Crippen LogP) is 14.8. The second-order valence-corrected chi connectivity index (χ2v) is 17.5. The lowest BCUT2D eigenvalue weighted by molar-refractivity contribution is -0.143. The van der Waals surface area contributed by atoms with E-state index in [9.17, 15) is 19.8 Å². The molecule has 0 spiro atoms. The molecule has 0 heterocycles. The van der Waals surface area contributed by atoms with E-state index in [2.05, 4.69) is 19.2 Å². The second kappa shape index (κ2) is 46.5. The van der Waals surface area contributed by atoms with Gasteiger partial charge in [-0.25, -0.2) is 0 Å². The summed E-state index contributed by atoms with van der Waals surface area (Å²) in [6, 6.07) is -0.545. The Bertz CT molecular complexity index is 791. The van der Waals surface area contributed by atoms with Crippen molar-refractivity contribution in [2.24, 2.45) is 0 Å². The molecule has 0 aliphatic heterocycles. The minimum absolute atomic E-state index is 0.00134. The van der Waals surface area contributed by atoms with Crippen LogP contribution >= 0.6 is 0 Å². The average molecular weight is 794 g/mol. The van der Waals surface area contributed by atoms with Crippen LogP contribution in [-0.4, -0.2) is 47.4 Å². The summed E-state index contributed by atoms with van der Waals surface area (Å²) in [6.45, 7) is 4.92. The van der Waals surface area contributed by atoms with Crippen LogP contribution in [0.15, 0.2) is 0 Å². The summed E-state index contributed by atoms with van der Waals surface area (Å²) in [5.41, 5.74) is 0. The number of rotatable bonds is 47. The van der Waals surface area contributed by atoms with E-state index in [1.807, 2.05) is 0 Å². The highest BCUT2D eigenvalue weighted by Crippen LogP contribution is 2.17. The Balaban J connectivity index is 3.38. The summed E-state index contributed by atoms with van der Waals surface area (Å²) in [6.07, 6.45) is 50.7. The van der Waals surface area contributed by atoms with Gasteiger partial charge >= 0.3 is 5.97 Å². The molecule has 0 aromatic carbocycles. The molecule has 0 aliphatic carbocycles. The van der Waals surface area contributed by atoms with Crippen LogP contribution < -0.4 is 5.32 Å². The lowest BCUT2D eigenvalue weighted by Crippen LogP contribution is -2.45. The molecule has 1 amide bonds. The predicted molar refractivity (Wildman–Crippen MR) is 241 cm³/mol. The van der Waals surface area contributed by atoms with Crippen LogP contribution in [0.4, 0.5) is 0 Å². The number of hydrogen-bond acceptors (Lipinski definition) is 5. The molecule has 0 bridgehead atoms. The molecule has 0 aromatic heterocycles. The third-order valence-electron chi connectivity index (χ3n) is 11.9. The Morgan fingerprint density at radius 2 is 0.732 bits per heavy atom. The highest BCUT2D eigenvalue weighted by molar-refractivity contribution is 5.76. The number of carbonyl (C=O) groups is 2. The Hall–Kier alpha value is -1.14. The van der Waals surface area contributed by atoms with Gasteiger partial charge in [-0.3, -0.25) is 9.59 Å². The van der Waals surface area contributed by atoms with Crippen LogP contribution in [0.1, 0.15) is 284 Å². The zero-order chi connectivity index (χ0) is 40.8. The van der Waals surface area contributed by atoms with E-state index in [0.717, 1.165) is 51.4 Å². The van der Waals surface area contributed by atoms with Crippen molar-refractivity contribution in [1.82, 2.24) is 5.32 Å². The molecule has 0 radical (unpaired) electrons. The Morgan fingerprint density at radius 1 is 0.429 bits per heavy atom. The average Bonchev–Trinajstić information content (AvgIpc) is 3.20. The molecule has 0 fully saturated rings. The van der Waals surface area contributed by atoms with Crippen LogP contribution in [-0.2, 0) is 14.3 Å². The number of amides is 1. The molecular weight excluding hydrogens is 695 g/mol. The van der Waals surface area contributed by atoms with Gasteiger partial charge in [0.1, 0.15) is 0 Å². The van der Waals surface area contributed by atoms with Crippen molar-refractivity contribution < 1.29 is 24.5 Å². The number of nitrogens with one attached hydrogen (secondary N) is 1. The summed E-state index contributed by atoms with van der Waals surface area (Å²) < 4.78 is 5.47. The van der Waals surface area contributed by atoms with Gasteiger partial charge in [-0.1, -0.05) is 245 Å². The third kappa shape index (κ3) is 42.5.